The molecule has 0 bridgehead atoms. The second kappa shape index (κ2) is 5.65. The summed E-state index contributed by atoms with van der Waals surface area (Å²) in [7, 11) is 0. The number of amides is 3. The van der Waals surface area contributed by atoms with Gasteiger partial charge in [-0.1, -0.05) is 32.6 Å². The lowest BCUT2D eigenvalue weighted by Gasteiger charge is -2.29. The number of nitrogens with zero attached hydrogens (tertiary/aromatic N) is 1. The number of hydrogen-bond donors (Lipinski definition) is 1. The molecule has 2 heterocycles. The highest BCUT2D eigenvalue weighted by molar-refractivity contribution is 6.23. The summed E-state index contributed by atoms with van der Waals surface area (Å²) in [5.41, 5.74) is 2.37. The molecule has 0 saturated carbocycles. The Morgan fingerprint density at radius 2 is 2.00 bits per heavy atom. The summed E-state index contributed by atoms with van der Waals surface area (Å²) in [6.45, 7) is 7.87. The van der Waals surface area contributed by atoms with Crippen molar-refractivity contribution in [3.8, 4) is 0 Å². The van der Waals surface area contributed by atoms with Gasteiger partial charge in [0, 0.05) is 5.70 Å². The van der Waals surface area contributed by atoms with Gasteiger partial charge >= 0.3 is 0 Å². The number of carbonyl (C=O) groups excluding carboxylic acids is 3. The summed E-state index contributed by atoms with van der Waals surface area (Å²) >= 11 is 0. The van der Waals surface area contributed by atoms with Gasteiger partial charge in [0.1, 0.15) is 6.04 Å². The first-order valence-corrected chi connectivity index (χ1v) is 7.88. The predicted molar refractivity (Wildman–Crippen MR) is 85.8 cm³/mol. The molecule has 2 aliphatic heterocycles. The zero-order valence-electron chi connectivity index (χ0n) is 13.4. The molecule has 3 amide bonds. The second-order valence-electron chi connectivity index (χ2n) is 6.57. The van der Waals surface area contributed by atoms with Crippen LogP contribution in [0.15, 0.2) is 30.5 Å². The molecule has 0 spiro atoms. The van der Waals surface area contributed by atoms with Gasteiger partial charge in [-0.2, -0.15) is 0 Å². The number of benzene rings is 1. The summed E-state index contributed by atoms with van der Waals surface area (Å²) in [6.07, 6.45) is 1.72. The highest BCUT2D eigenvalue weighted by Gasteiger charge is 2.44. The van der Waals surface area contributed by atoms with Crippen molar-refractivity contribution in [3.63, 3.8) is 0 Å². The molecular weight excluding hydrogens is 292 g/mol. The van der Waals surface area contributed by atoms with Crippen LogP contribution in [0.3, 0.4) is 0 Å². The molecule has 0 radical (unpaired) electrons. The van der Waals surface area contributed by atoms with Crippen LogP contribution in [0.4, 0.5) is 0 Å². The topological polar surface area (TPSA) is 66.5 Å². The zero-order valence-corrected chi connectivity index (χ0v) is 13.4. The molecule has 2 aliphatic rings. The maximum Gasteiger partial charge on any atom is 0.262 e. The van der Waals surface area contributed by atoms with E-state index in [1.807, 2.05) is 6.07 Å². The van der Waals surface area contributed by atoms with Crippen molar-refractivity contribution in [1.29, 1.82) is 0 Å². The quantitative estimate of drug-likeness (QED) is 0.871. The van der Waals surface area contributed by atoms with Crippen LogP contribution in [0.25, 0.3) is 0 Å². The number of imide groups is 1. The minimum absolute atomic E-state index is 0.332. The average Bonchev–Trinajstić information content (AvgIpc) is 2.72. The molecule has 0 aromatic heterocycles. The number of rotatable bonds is 3. The number of hydrogen-bond acceptors (Lipinski definition) is 3. The molecule has 1 saturated heterocycles. The lowest BCUT2D eigenvalue weighted by atomic mass is 9.95. The van der Waals surface area contributed by atoms with Gasteiger partial charge in [-0.15, -0.1) is 0 Å². The number of piperidine rings is 1. The molecule has 3 rings (SSSR count). The number of fused-ring (bicyclic) bond motifs is 1. The Labute approximate surface area is 135 Å². The van der Waals surface area contributed by atoms with Crippen LogP contribution in [0, 0.1) is 5.92 Å². The van der Waals surface area contributed by atoms with E-state index >= 15 is 0 Å². The van der Waals surface area contributed by atoms with E-state index < -0.39 is 6.04 Å². The fourth-order valence-corrected chi connectivity index (χ4v) is 3.27. The molecule has 120 valence electrons. The first-order valence-electron chi connectivity index (χ1n) is 7.88. The molecular formula is C18H20N2O3. The van der Waals surface area contributed by atoms with Crippen LogP contribution in [0.5, 0.6) is 0 Å². The van der Waals surface area contributed by atoms with Crippen molar-refractivity contribution in [2.24, 2.45) is 5.92 Å². The van der Waals surface area contributed by atoms with Gasteiger partial charge in [0.05, 0.1) is 11.1 Å². The van der Waals surface area contributed by atoms with Crippen LogP contribution in [-0.2, 0) is 11.2 Å². The van der Waals surface area contributed by atoms with Crippen LogP contribution in [0.1, 0.15) is 53.0 Å². The lowest BCUT2D eigenvalue weighted by Crippen LogP contribution is -2.51. The summed E-state index contributed by atoms with van der Waals surface area (Å²) in [5.74, 6) is -0.682. The normalized spacial score (nSPS) is 21.0. The van der Waals surface area contributed by atoms with Gasteiger partial charge < -0.3 is 5.32 Å². The van der Waals surface area contributed by atoms with Crippen LogP contribution >= 0.6 is 0 Å². The van der Waals surface area contributed by atoms with Crippen molar-refractivity contribution >= 4 is 17.7 Å². The minimum Gasteiger partial charge on any atom is -0.329 e. The predicted octanol–water partition coefficient (Wildman–Crippen LogP) is 2.27. The largest absolute Gasteiger partial charge is 0.329 e. The standard InChI is InChI=1S/C18H20N2O3/c1-10(2)9-12-5-4-6-13-15(12)18(23)20(17(13)22)14-8-7-11(3)19-16(14)21/h4-6,10,14H,3,7-9H2,1-2H3,(H,19,21). The van der Waals surface area contributed by atoms with Gasteiger partial charge in [0.25, 0.3) is 11.8 Å². The summed E-state index contributed by atoms with van der Waals surface area (Å²) in [5, 5.41) is 2.64. The number of nitrogens with one attached hydrogen (secondary N) is 1. The van der Waals surface area contributed by atoms with E-state index in [-0.39, 0.29) is 17.7 Å². The third-order valence-corrected chi connectivity index (χ3v) is 4.29. The first kappa shape index (κ1) is 15.5. The monoisotopic (exact) mass is 312 g/mol. The molecule has 5 heteroatoms. The SMILES string of the molecule is C=C1CCC(N2C(=O)c3cccc(CC(C)C)c3C2=O)C(=O)N1. The Bertz CT molecular complexity index is 721. The van der Waals surface area contributed by atoms with Gasteiger partial charge in [-0.3, -0.25) is 19.3 Å². The van der Waals surface area contributed by atoms with Gasteiger partial charge in [-0.05, 0) is 36.8 Å². The Kier molecular flexibility index (Phi) is 3.80. The lowest BCUT2D eigenvalue weighted by molar-refractivity contribution is -0.125. The van der Waals surface area contributed by atoms with E-state index in [1.54, 1.807) is 12.1 Å². The van der Waals surface area contributed by atoms with E-state index in [0.29, 0.717) is 35.6 Å². The summed E-state index contributed by atoms with van der Waals surface area (Å²) in [4.78, 5) is 38.8. The number of carbonyl (C=O) groups is 3. The van der Waals surface area contributed by atoms with E-state index in [4.69, 9.17) is 0 Å². The van der Waals surface area contributed by atoms with E-state index in [9.17, 15) is 14.4 Å². The average molecular weight is 312 g/mol. The van der Waals surface area contributed by atoms with Crippen molar-refractivity contribution in [3.05, 3.63) is 47.2 Å². The minimum atomic E-state index is -0.750. The maximum atomic E-state index is 12.8. The Hall–Kier alpha value is -2.43. The molecule has 1 atom stereocenters. The second-order valence-corrected chi connectivity index (χ2v) is 6.57. The third-order valence-electron chi connectivity index (χ3n) is 4.29. The fraction of sp³-hybridized carbons (Fsp3) is 0.389. The first-order chi connectivity index (χ1) is 10.9. The van der Waals surface area contributed by atoms with Crippen LogP contribution < -0.4 is 5.32 Å². The van der Waals surface area contributed by atoms with E-state index in [0.717, 1.165) is 16.9 Å². The Balaban J connectivity index is 1.98. The molecule has 23 heavy (non-hydrogen) atoms. The summed E-state index contributed by atoms with van der Waals surface area (Å²) < 4.78 is 0. The Morgan fingerprint density at radius 3 is 2.65 bits per heavy atom. The van der Waals surface area contributed by atoms with Crippen LogP contribution in [-0.4, -0.2) is 28.7 Å². The van der Waals surface area contributed by atoms with Gasteiger partial charge in [0.2, 0.25) is 5.91 Å². The smallest absolute Gasteiger partial charge is 0.262 e. The zero-order chi connectivity index (χ0) is 16.7. The highest BCUT2D eigenvalue weighted by atomic mass is 16.2. The molecule has 1 aromatic carbocycles. The fourth-order valence-electron chi connectivity index (χ4n) is 3.27. The van der Waals surface area contributed by atoms with Crippen molar-refractivity contribution in [1.82, 2.24) is 10.2 Å². The molecule has 0 aliphatic carbocycles. The van der Waals surface area contributed by atoms with Gasteiger partial charge in [0.15, 0.2) is 0 Å². The van der Waals surface area contributed by atoms with Crippen molar-refractivity contribution in [2.45, 2.75) is 39.2 Å². The molecule has 1 unspecified atom stereocenters. The van der Waals surface area contributed by atoms with Crippen molar-refractivity contribution in [2.75, 3.05) is 0 Å². The third kappa shape index (κ3) is 2.56. The number of allylic oxidation sites excluding steroid dienone is 1. The van der Waals surface area contributed by atoms with E-state index in [2.05, 4.69) is 25.7 Å². The molecule has 1 aromatic rings. The Morgan fingerprint density at radius 1 is 1.26 bits per heavy atom. The van der Waals surface area contributed by atoms with Crippen LogP contribution in [0.2, 0.25) is 0 Å². The highest BCUT2D eigenvalue weighted by Crippen LogP contribution is 2.31. The van der Waals surface area contributed by atoms with E-state index in [1.165, 1.54) is 0 Å². The molecule has 1 fully saturated rings. The van der Waals surface area contributed by atoms with Gasteiger partial charge in [-0.25, -0.2) is 0 Å². The molecule has 5 nitrogen and oxygen atoms in total. The molecule has 1 N–H and O–H groups in total. The maximum absolute atomic E-state index is 12.8. The van der Waals surface area contributed by atoms with Crippen molar-refractivity contribution < 1.29 is 14.4 Å². The summed E-state index contributed by atoms with van der Waals surface area (Å²) in [6, 6.07) is 4.60.